The third-order valence-electron chi connectivity index (χ3n) is 2.95. The van der Waals surface area contributed by atoms with E-state index in [0.717, 1.165) is 25.1 Å². The quantitative estimate of drug-likeness (QED) is 0.835. The van der Waals surface area contributed by atoms with E-state index >= 15 is 0 Å². The van der Waals surface area contributed by atoms with Crippen molar-refractivity contribution in [2.75, 3.05) is 11.9 Å². The molecule has 0 aliphatic heterocycles. The molecule has 2 N–H and O–H groups in total. The zero-order valence-corrected chi connectivity index (χ0v) is 11.8. The number of hydrogen-bond donors (Lipinski definition) is 2. The summed E-state index contributed by atoms with van der Waals surface area (Å²) in [4.78, 5) is 10.8. The van der Waals surface area contributed by atoms with Crippen molar-refractivity contribution in [2.45, 2.75) is 26.7 Å². The van der Waals surface area contributed by atoms with E-state index in [0.29, 0.717) is 10.4 Å². The van der Waals surface area contributed by atoms with Crippen LogP contribution in [0.1, 0.15) is 37.0 Å². The second-order valence-electron chi connectivity index (χ2n) is 4.06. The summed E-state index contributed by atoms with van der Waals surface area (Å²) in [7, 11) is 0. The van der Waals surface area contributed by atoms with Crippen molar-refractivity contribution in [3.8, 4) is 0 Å². The summed E-state index contributed by atoms with van der Waals surface area (Å²) < 4.78 is 0.611. The molecule has 17 heavy (non-hydrogen) atoms. The predicted molar refractivity (Wildman–Crippen MR) is 73.7 cm³/mol. The van der Waals surface area contributed by atoms with Gasteiger partial charge in [-0.2, -0.15) is 0 Å². The molecule has 0 saturated heterocycles. The van der Waals surface area contributed by atoms with E-state index in [9.17, 15) is 4.79 Å². The Hall–Kier alpha value is -1.03. The van der Waals surface area contributed by atoms with Crippen LogP contribution in [0.25, 0.3) is 0 Å². The number of anilines is 1. The largest absolute Gasteiger partial charge is 0.478 e. The molecule has 0 amide bonds. The van der Waals surface area contributed by atoms with Crippen LogP contribution >= 0.6 is 15.9 Å². The van der Waals surface area contributed by atoms with Crippen molar-refractivity contribution in [3.63, 3.8) is 0 Å². The Morgan fingerprint density at radius 3 is 2.53 bits per heavy atom. The topological polar surface area (TPSA) is 49.3 Å². The zero-order chi connectivity index (χ0) is 12.8. The highest BCUT2D eigenvalue weighted by atomic mass is 79.9. The standard InChI is InChI=1S/C13H18BrNO2/c1-3-9(4-2)8-15-10-5-6-11(13(16)17)12(14)7-10/h5-7,9,15H,3-4,8H2,1-2H3,(H,16,17). The van der Waals surface area contributed by atoms with Crippen molar-refractivity contribution >= 4 is 27.6 Å². The first-order chi connectivity index (χ1) is 8.08. The average Bonchev–Trinajstić information content (AvgIpc) is 2.30. The van der Waals surface area contributed by atoms with Gasteiger partial charge in [-0.1, -0.05) is 26.7 Å². The smallest absolute Gasteiger partial charge is 0.336 e. The van der Waals surface area contributed by atoms with Crippen molar-refractivity contribution in [1.29, 1.82) is 0 Å². The van der Waals surface area contributed by atoms with Gasteiger partial charge in [0.2, 0.25) is 0 Å². The summed E-state index contributed by atoms with van der Waals surface area (Å²) in [5, 5.41) is 12.2. The van der Waals surface area contributed by atoms with Gasteiger partial charge in [0.25, 0.3) is 0 Å². The van der Waals surface area contributed by atoms with Crippen LogP contribution < -0.4 is 5.32 Å². The van der Waals surface area contributed by atoms with Crippen LogP contribution in [-0.4, -0.2) is 17.6 Å². The third-order valence-corrected chi connectivity index (χ3v) is 3.61. The number of nitrogens with one attached hydrogen (secondary N) is 1. The van der Waals surface area contributed by atoms with E-state index in [1.807, 2.05) is 6.07 Å². The molecule has 0 aliphatic rings. The molecule has 0 heterocycles. The Labute approximate surface area is 110 Å². The van der Waals surface area contributed by atoms with E-state index in [1.165, 1.54) is 0 Å². The lowest BCUT2D eigenvalue weighted by atomic mass is 10.0. The molecule has 1 aromatic rings. The molecule has 0 fully saturated rings. The molecule has 4 heteroatoms. The average molecular weight is 300 g/mol. The van der Waals surface area contributed by atoms with Crippen LogP contribution in [-0.2, 0) is 0 Å². The maximum absolute atomic E-state index is 10.8. The SMILES string of the molecule is CCC(CC)CNc1ccc(C(=O)O)c(Br)c1. The van der Waals surface area contributed by atoms with Gasteiger partial charge in [0, 0.05) is 16.7 Å². The molecule has 0 spiro atoms. The molecule has 1 rings (SSSR count). The van der Waals surface area contributed by atoms with Crippen molar-refractivity contribution in [2.24, 2.45) is 5.92 Å². The summed E-state index contributed by atoms with van der Waals surface area (Å²) in [6.45, 7) is 5.28. The van der Waals surface area contributed by atoms with Crippen LogP contribution in [0, 0.1) is 5.92 Å². The first-order valence-corrected chi connectivity index (χ1v) is 6.64. The van der Waals surface area contributed by atoms with Gasteiger partial charge in [-0.05, 0) is 40.0 Å². The highest BCUT2D eigenvalue weighted by Crippen LogP contribution is 2.22. The summed E-state index contributed by atoms with van der Waals surface area (Å²) in [5.41, 5.74) is 1.24. The van der Waals surface area contributed by atoms with Gasteiger partial charge < -0.3 is 10.4 Å². The number of benzene rings is 1. The number of rotatable bonds is 6. The summed E-state index contributed by atoms with van der Waals surface area (Å²) in [6.07, 6.45) is 2.30. The van der Waals surface area contributed by atoms with Crippen molar-refractivity contribution in [3.05, 3.63) is 28.2 Å². The summed E-state index contributed by atoms with van der Waals surface area (Å²) in [6, 6.07) is 5.23. The van der Waals surface area contributed by atoms with E-state index in [4.69, 9.17) is 5.11 Å². The normalized spacial score (nSPS) is 10.6. The molecule has 0 aliphatic carbocycles. The van der Waals surface area contributed by atoms with Gasteiger partial charge in [-0.3, -0.25) is 0 Å². The minimum Gasteiger partial charge on any atom is -0.478 e. The minimum atomic E-state index is -0.914. The number of carbonyl (C=O) groups is 1. The number of hydrogen-bond acceptors (Lipinski definition) is 2. The van der Waals surface area contributed by atoms with E-state index in [-0.39, 0.29) is 5.56 Å². The Kier molecular flexibility index (Phi) is 5.48. The van der Waals surface area contributed by atoms with Crippen LogP contribution in [0.5, 0.6) is 0 Å². The van der Waals surface area contributed by atoms with Crippen LogP contribution in [0.3, 0.4) is 0 Å². The molecule has 0 aromatic heterocycles. The lowest BCUT2D eigenvalue weighted by Crippen LogP contribution is -2.12. The lowest BCUT2D eigenvalue weighted by Gasteiger charge is -2.14. The maximum atomic E-state index is 10.8. The van der Waals surface area contributed by atoms with E-state index in [1.54, 1.807) is 12.1 Å². The molecule has 0 radical (unpaired) electrons. The van der Waals surface area contributed by atoms with Crippen LogP contribution in [0.4, 0.5) is 5.69 Å². The van der Waals surface area contributed by atoms with Crippen LogP contribution in [0.15, 0.2) is 22.7 Å². The molecule has 94 valence electrons. The Balaban J connectivity index is 2.67. The number of carboxylic acid groups (broad SMARTS) is 1. The fourth-order valence-corrected chi connectivity index (χ4v) is 2.19. The summed E-state index contributed by atoms with van der Waals surface area (Å²) in [5.74, 6) is -0.253. The van der Waals surface area contributed by atoms with Gasteiger partial charge in [0.05, 0.1) is 5.56 Å². The van der Waals surface area contributed by atoms with Crippen molar-refractivity contribution < 1.29 is 9.90 Å². The fraction of sp³-hybridized carbons (Fsp3) is 0.462. The van der Waals surface area contributed by atoms with Gasteiger partial charge in [0.15, 0.2) is 0 Å². The zero-order valence-electron chi connectivity index (χ0n) is 10.2. The molecule has 1 aromatic carbocycles. The monoisotopic (exact) mass is 299 g/mol. The number of halogens is 1. The molecular formula is C13H18BrNO2. The third kappa shape index (κ3) is 4.04. The molecule has 0 unspecified atom stereocenters. The van der Waals surface area contributed by atoms with Crippen LogP contribution in [0.2, 0.25) is 0 Å². The first kappa shape index (κ1) is 14.0. The second-order valence-corrected chi connectivity index (χ2v) is 4.92. The number of aromatic carboxylic acids is 1. The molecule has 3 nitrogen and oxygen atoms in total. The fourth-order valence-electron chi connectivity index (χ4n) is 1.64. The lowest BCUT2D eigenvalue weighted by molar-refractivity contribution is 0.0696. The second kappa shape index (κ2) is 6.64. The predicted octanol–water partition coefficient (Wildman–Crippen LogP) is 4.00. The van der Waals surface area contributed by atoms with Gasteiger partial charge in [-0.25, -0.2) is 4.79 Å². The molecule has 0 saturated carbocycles. The Morgan fingerprint density at radius 1 is 1.41 bits per heavy atom. The van der Waals surface area contributed by atoms with Gasteiger partial charge >= 0.3 is 5.97 Å². The highest BCUT2D eigenvalue weighted by Gasteiger charge is 2.09. The van der Waals surface area contributed by atoms with Crippen molar-refractivity contribution in [1.82, 2.24) is 0 Å². The highest BCUT2D eigenvalue weighted by molar-refractivity contribution is 9.10. The molecular weight excluding hydrogens is 282 g/mol. The Bertz CT molecular complexity index is 389. The first-order valence-electron chi connectivity index (χ1n) is 5.85. The molecule has 0 bridgehead atoms. The van der Waals surface area contributed by atoms with Gasteiger partial charge in [0.1, 0.15) is 0 Å². The number of carboxylic acids is 1. The van der Waals surface area contributed by atoms with Gasteiger partial charge in [-0.15, -0.1) is 0 Å². The minimum absolute atomic E-state index is 0.290. The van der Waals surface area contributed by atoms with E-state index in [2.05, 4.69) is 35.1 Å². The maximum Gasteiger partial charge on any atom is 0.336 e. The van der Waals surface area contributed by atoms with E-state index < -0.39 is 5.97 Å². The Morgan fingerprint density at radius 2 is 2.06 bits per heavy atom. The molecule has 0 atom stereocenters. The summed E-state index contributed by atoms with van der Waals surface area (Å²) >= 11 is 3.27.